The molecule has 0 saturated carbocycles. The van der Waals surface area contributed by atoms with Crippen LogP contribution in [0.4, 0.5) is 9.59 Å². The van der Waals surface area contributed by atoms with Crippen molar-refractivity contribution in [2.75, 3.05) is 27.3 Å². The van der Waals surface area contributed by atoms with E-state index in [1.54, 1.807) is 46.5 Å². The molecule has 3 aromatic carbocycles. The first-order chi connectivity index (χ1) is 29.3. The molecule has 16 nitrogen and oxygen atoms in total. The lowest BCUT2D eigenvalue weighted by molar-refractivity contribution is -0.135. The van der Waals surface area contributed by atoms with Gasteiger partial charge in [-0.05, 0) is 54.5 Å². The van der Waals surface area contributed by atoms with E-state index in [2.05, 4.69) is 40.8 Å². The average Bonchev–Trinajstić information content (AvgIpc) is 4.15. The molecule has 306 valence electrons. The number of likely N-dealkylation sites (tertiary alicyclic amines) is 2. The van der Waals surface area contributed by atoms with Crippen molar-refractivity contribution in [2.45, 2.75) is 49.9 Å². The Hall–Kier alpha value is -7.36. The lowest BCUT2D eigenvalue weighted by Crippen LogP contribution is -2.42. The summed E-state index contributed by atoms with van der Waals surface area (Å²) in [6.45, 7) is 1.06. The van der Waals surface area contributed by atoms with Crippen molar-refractivity contribution >= 4 is 24.0 Å². The van der Waals surface area contributed by atoms with Crippen molar-refractivity contribution < 1.29 is 28.7 Å². The van der Waals surface area contributed by atoms with Crippen LogP contribution in [0.15, 0.2) is 109 Å². The number of nitrogens with zero attached hydrogens (tertiary/aromatic N) is 6. The zero-order valence-corrected chi connectivity index (χ0v) is 33.1. The van der Waals surface area contributed by atoms with Crippen molar-refractivity contribution in [3.63, 3.8) is 0 Å². The van der Waals surface area contributed by atoms with Crippen LogP contribution >= 0.6 is 0 Å². The van der Waals surface area contributed by atoms with Crippen LogP contribution in [0, 0.1) is 0 Å². The lowest BCUT2D eigenvalue weighted by Gasteiger charge is -2.28. The van der Waals surface area contributed by atoms with Crippen LogP contribution in [-0.2, 0) is 19.1 Å². The highest BCUT2D eigenvalue weighted by Crippen LogP contribution is 2.36. The van der Waals surface area contributed by atoms with Gasteiger partial charge in [0.25, 0.3) is 11.8 Å². The van der Waals surface area contributed by atoms with Crippen molar-refractivity contribution in [3.8, 4) is 33.9 Å². The Balaban J connectivity index is 0.928. The van der Waals surface area contributed by atoms with E-state index in [1.807, 2.05) is 72.8 Å². The van der Waals surface area contributed by atoms with E-state index in [9.17, 15) is 19.2 Å². The number of benzene rings is 3. The highest BCUT2D eigenvalue weighted by Gasteiger charge is 2.38. The second-order valence-corrected chi connectivity index (χ2v) is 14.6. The summed E-state index contributed by atoms with van der Waals surface area (Å²) in [6.07, 6.45) is 5.12. The summed E-state index contributed by atoms with van der Waals surface area (Å²) >= 11 is 0. The number of hydrogen-bond acceptors (Lipinski definition) is 10. The standard InChI is InChI=1S/C44H44N10O6/c1-59-43(57)49-37(29-11-5-3-6-12-29)41(55)53-23-9-15-35(53)39-45-25-33(47-39)28-19-17-27(18-20-28)31-21-22-32(52-51-31)34-26-46-40(48-34)36-16-10-24-54(36)42(56)38(50-44(58)60-2)30-13-7-4-8-14-30/h3-8,11-14,17-22,25-26,35-38H,9-10,15-16,23-24H2,1-2H3,(H,45,47)(H,46,48)(H,49,57)(H,50,58)/t35?,36-,37-,38+/m0/s1. The van der Waals surface area contributed by atoms with Crippen LogP contribution in [0.3, 0.4) is 0 Å². The van der Waals surface area contributed by atoms with E-state index in [4.69, 9.17) is 9.47 Å². The second-order valence-electron chi connectivity index (χ2n) is 14.6. The van der Waals surface area contributed by atoms with Gasteiger partial charge < -0.3 is 39.9 Å². The van der Waals surface area contributed by atoms with Crippen molar-refractivity contribution in [2.24, 2.45) is 0 Å². The molecule has 0 bridgehead atoms. The molecule has 4 N–H and O–H groups in total. The number of hydrogen-bond donors (Lipinski definition) is 4. The zero-order valence-electron chi connectivity index (χ0n) is 33.1. The Morgan fingerprint density at radius 2 is 1.05 bits per heavy atom. The van der Waals surface area contributed by atoms with E-state index >= 15 is 0 Å². The molecule has 2 saturated heterocycles. The fraction of sp³-hybridized carbons (Fsp3) is 0.273. The minimum atomic E-state index is -0.906. The molecular formula is C44H44N10O6. The van der Waals surface area contributed by atoms with E-state index < -0.39 is 24.3 Å². The normalized spacial score (nSPS) is 17.2. The minimum Gasteiger partial charge on any atom is -0.453 e. The summed E-state index contributed by atoms with van der Waals surface area (Å²) < 4.78 is 9.63. The Morgan fingerprint density at radius 3 is 1.53 bits per heavy atom. The summed E-state index contributed by atoms with van der Waals surface area (Å²) in [7, 11) is 2.54. The maximum Gasteiger partial charge on any atom is 0.407 e. The number of nitrogens with one attached hydrogen (secondary N) is 4. The average molecular weight is 809 g/mol. The summed E-state index contributed by atoms with van der Waals surface area (Å²) in [5, 5.41) is 14.4. The first-order valence-electron chi connectivity index (χ1n) is 19.8. The number of ether oxygens (including phenoxy) is 2. The Kier molecular flexibility index (Phi) is 11.6. The molecule has 0 radical (unpaired) electrons. The van der Waals surface area contributed by atoms with Crippen molar-refractivity contribution in [1.82, 2.24) is 50.6 Å². The van der Waals surface area contributed by atoms with Crippen LogP contribution < -0.4 is 10.6 Å². The third kappa shape index (κ3) is 8.30. The molecule has 6 aromatic rings. The lowest BCUT2D eigenvalue weighted by atomic mass is 10.0. The maximum absolute atomic E-state index is 13.9. The second kappa shape index (κ2) is 17.6. The smallest absolute Gasteiger partial charge is 0.407 e. The fourth-order valence-corrected chi connectivity index (χ4v) is 7.92. The number of imidazole rings is 2. The van der Waals surface area contributed by atoms with Gasteiger partial charge in [-0.25, -0.2) is 19.6 Å². The van der Waals surface area contributed by atoms with Gasteiger partial charge >= 0.3 is 12.2 Å². The predicted molar refractivity (Wildman–Crippen MR) is 219 cm³/mol. The number of alkyl carbamates (subject to hydrolysis) is 2. The summed E-state index contributed by atoms with van der Waals surface area (Å²) in [5.41, 5.74) is 5.85. The molecule has 3 aromatic heterocycles. The summed E-state index contributed by atoms with van der Waals surface area (Å²) in [6, 6.07) is 27.5. The maximum atomic E-state index is 13.9. The molecule has 0 spiro atoms. The van der Waals surface area contributed by atoms with Gasteiger partial charge in [-0.3, -0.25) is 9.59 Å². The van der Waals surface area contributed by atoms with Crippen LogP contribution in [-0.4, -0.2) is 91.2 Å². The molecule has 2 fully saturated rings. The Bertz CT molecular complexity index is 2270. The number of carbonyl (C=O) groups is 4. The minimum absolute atomic E-state index is 0.229. The molecule has 16 heteroatoms. The highest BCUT2D eigenvalue weighted by atomic mass is 16.5. The predicted octanol–water partition coefficient (Wildman–Crippen LogP) is 6.45. The van der Waals surface area contributed by atoms with Gasteiger partial charge in [0.1, 0.15) is 29.4 Å². The van der Waals surface area contributed by atoms with Gasteiger partial charge in [0.05, 0.1) is 55.8 Å². The third-order valence-electron chi connectivity index (χ3n) is 11.0. The largest absolute Gasteiger partial charge is 0.453 e. The van der Waals surface area contributed by atoms with E-state index in [0.29, 0.717) is 59.4 Å². The molecule has 60 heavy (non-hydrogen) atoms. The van der Waals surface area contributed by atoms with Crippen LogP contribution in [0.1, 0.15) is 72.6 Å². The first-order valence-corrected chi connectivity index (χ1v) is 19.8. The molecule has 1 unspecified atom stereocenters. The number of methoxy groups -OCH3 is 2. The number of amides is 4. The van der Waals surface area contributed by atoms with Crippen molar-refractivity contribution in [1.29, 1.82) is 0 Å². The monoisotopic (exact) mass is 808 g/mol. The molecule has 4 amide bonds. The van der Waals surface area contributed by atoms with E-state index in [-0.39, 0.29) is 23.9 Å². The summed E-state index contributed by atoms with van der Waals surface area (Å²) in [5.74, 6) is 0.828. The molecule has 8 rings (SSSR count). The zero-order chi connectivity index (χ0) is 41.6. The SMILES string of the molecule is COC(=O)N[C@H](C(=O)N1CCCC1c1ncc(-c2ccc(-c3ccc(-c4cnc([C@@H]5CCCN5C(=O)[C@H](NC(=O)OC)c5ccccc5)[nH]4)nn3)cc2)[nH]1)c1ccccc1. The number of aromatic nitrogens is 6. The molecule has 4 atom stereocenters. The molecular weight excluding hydrogens is 765 g/mol. The van der Waals surface area contributed by atoms with Crippen molar-refractivity contribution in [3.05, 3.63) is 132 Å². The fourth-order valence-electron chi connectivity index (χ4n) is 7.92. The molecule has 2 aliphatic rings. The number of H-pyrrole nitrogens is 2. The van der Waals surface area contributed by atoms with Gasteiger partial charge in [-0.2, -0.15) is 0 Å². The summed E-state index contributed by atoms with van der Waals surface area (Å²) in [4.78, 5) is 71.8. The van der Waals surface area contributed by atoms with Crippen LogP contribution in [0.25, 0.3) is 33.9 Å². The number of aromatic amines is 2. The van der Waals surface area contributed by atoms with Crippen LogP contribution in [0.5, 0.6) is 0 Å². The van der Waals surface area contributed by atoms with Gasteiger partial charge in [0.2, 0.25) is 0 Å². The molecule has 5 heterocycles. The number of rotatable bonds is 11. The van der Waals surface area contributed by atoms with Gasteiger partial charge in [-0.1, -0.05) is 84.9 Å². The topological polar surface area (TPSA) is 200 Å². The van der Waals surface area contributed by atoms with E-state index in [0.717, 1.165) is 36.1 Å². The van der Waals surface area contributed by atoms with Gasteiger partial charge in [0, 0.05) is 18.7 Å². The van der Waals surface area contributed by atoms with E-state index in [1.165, 1.54) is 14.2 Å². The first kappa shape index (κ1) is 39.5. The van der Waals surface area contributed by atoms with Crippen LogP contribution in [0.2, 0.25) is 0 Å². The number of carbonyl (C=O) groups excluding carboxylic acids is 4. The Labute approximate surface area is 345 Å². The molecule has 0 aliphatic carbocycles. The van der Waals surface area contributed by atoms with Gasteiger partial charge in [0.15, 0.2) is 0 Å². The third-order valence-corrected chi connectivity index (χ3v) is 11.0. The Morgan fingerprint density at radius 1 is 0.600 bits per heavy atom. The highest BCUT2D eigenvalue weighted by molar-refractivity contribution is 5.88. The quantitative estimate of drug-likeness (QED) is 0.113. The molecule has 2 aliphatic heterocycles. The van der Waals surface area contributed by atoms with Gasteiger partial charge in [-0.15, -0.1) is 10.2 Å².